The van der Waals surface area contributed by atoms with Crippen LogP contribution in [0.5, 0.6) is 0 Å². The van der Waals surface area contributed by atoms with Crippen molar-refractivity contribution in [2.45, 2.75) is 112 Å². The molecule has 0 aromatic rings. The van der Waals surface area contributed by atoms with Gasteiger partial charge in [0.1, 0.15) is 6.29 Å². The van der Waals surface area contributed by atoms with Crippen LogP contribution in [0.15, 0.2) is 11.6 Å². The second-order valence-corrected chi connectivity index (χ2v) is 14.6. The number of hydrogen-bond donors (Lipinski definition) is 2. The van der Waals surface area contributed by atoms with Crippen molar-refractivity contribution in [1.82, 2.24) is 0 Å². The number of carbonyl (C=O) groups is 1. The molecule has 3 nitrogen and oxygen atoms in total. The Morgan fingerprint density at radius 3 is 2.18 bits per heavy atom. The zero-order valence-corrected chi connectivity index (χ0v) is 22.2. The molecule has 0 bridgehead atoms. The van der Waals surface area contributed by atoms with Gasteiger partial charge in [0.2, 0.25) is 0 Å². The van der Waals surface area contributed by atoms with Crippen LogP contribution >= 0.6 is 0 Å². The van der Waals surface area contributed by atoms with E-state index in [1.54, 1.807) is 0 Å². The van der Waals surface area contributed by atoms with E-state index in [2.05, 4.69) is 48.5 Å². The average Bonchev–Trinajstić information content (AvgIpc) is 2.74. The van der Waals surface area contributed by atoms with Crippen LogP contribution in [-0.2, 0) is 4.79 Å². The van der Waals surface area contributed by atoms with Crippen LogP contribution < -0.4 is 0 Å². The molecule has 4 saturated carbocycles. The SMILES string of the molecule is CC1C(C=O)=CC(O)C2(C)CCC3(C)C(CCC4C5(C)CCC(O)C(C)(C)C5CCC43C)C12. The van der Waals surface area contributed by atoms with Crippen LogP contribution in [0.1, 0.15) is 99.8 Å². The highest BCUT2D eigenvalue weighted by molar-refractivity contribution is 5.74. The molecule has 0 amide bonds. The molecule has 11 atom stereocenters. The van der Waals surface area contributed by atoms with Gasteiger partial charge in [0.25, 0.3) is 0 Å². The fourth-order valence-electron chi connectivity index (χ4n) is 11.3. The van der Waals surface area contributed by atoms with E-state index in [-0.39, 0.29) is 39.1 Å². The molecule has 0 saturated heterocycles. The number of rotatable bonds is 1. The summed E-state index contributed by atoms with van der Waals surface area (Å²) >= 11 is 0. The minimum absolute atomic E-state index is 0.0110. The summed E-state index contributed by atoms with van der Waals surface area (Å²) in [5, 5.41) is 22.1. The molecule has 0 aliphatic heterocycles. The number of aliphatic hydroxyl groups is 2. The van der Waals surface area contributed by atoms with Crippen molar-refractivity contribution in [1.29, 1.82) is 0 Å². The zero-order chi connectivity index (χ0) is 24.2. The Morgan fingerprint density at radius 2 is 1.52 bits per heavy atom. The molecule has 33 heavy (non-hydrogen) atoms. The summed E-state index contributed by atoms with van der Waals surface area (Å²) in [4.78, 5) is 11.9. The number of aldehydes is 1. The van der Waals surface area contributed by atoms with Crippen molar-refractivity contribution >= 4 is 6.29 Å². The first-order chi connectivity index (χ1) is 15.3. The molecule has 0 aromatic carbocycles. The topological polar surface area (TPSA) is 57.5 Å². The lowest BCUT2D eigenvalue weighted by atomic mass is 9.31. The first kappa shape index (κ1) is 24.0. The van der Waals surface area contributed by atoms with E-state index in [1.165, 1.54) is 32.1 Å². The van der Waals surface area contributed by atoms with Gasteiger partial charge in [-0.15, -0.1) is 0 Å². The third-order valence-corrected chi connectivity index (χ3v) is 13.5. The zero-order valence-electron chi connectivity index (χ0n) is 22.2. The third kappa shape index (κ3) is 2.79. The fraction of sp³-hybridized carbons (Fsp3) is 0.900. The maximum Gasteiger partial charge on any atom is 0.146 e. The van der Waals surface area contributed by atoms with Gasteiger partial charge in [-0.2, -0.15) is 0 Å². The van der Waals surface area contributed by atoms with Gasteiger partial charge in [0, 0.05) is 5.41 Å². The second kappa shape index (κ2) is 7.19. The van der Waals surface area contributed by atoms with Crippen molar-refractivity contribution < 1.29 is 15.0 Å². The van der Waals surface area contributed by atoms with Crippen LogP contribution in [0.3, 0.4) is 0 Å². The molecule has 3 heteroatoms. The number of hydrogen-bond acceptors (Lipinski definition) is 3. The maximum atomic E-state index is 11.9. The van der Waals surface area contributed by atoms with Gasteiger partial charge in [-0.25, -0.2) is 0 Å². The van der Waals surface area contributed by atoms with E-state index in [9.17, 15) is 15.0 Å². The van der Waals surface area contributed by atoms with Crippen molar-refractivity contribution in [3.8, 4) is 0 Å². The van der Waals surface area contributed by atoms with E-state index in [0.717, 1.165) is 31.1 Å². The molecule has 0 heterocycles. The summed E-state index contributed by atoms with van der Waals surface area (Å²) in [5.74, 6) is 2.40. The Morgan fingerprint density at radius 1 is 0.818 bits per heavy atom. The Bertz CT molecular complexity index is 861. The van der Waals surface area contributed by atoms with Crippen LogP contribution in [0.4, 0.5) is 0 Å². The van der Waals surface area contributed by atoms with Gasteiger partial charge >= 0.3 is 0 Å². The molecule has 186 valence electrons. The molecule has 0 aromatic heterocycles. The smallest absolute Gasteiger partial charge is 0.146 e. The fourth-order valence-corrected chi connectivity index (χ4v) is 11.3. The third-order valence-electron chi connectivity index (χ3n) is 13.5. The first-order valence-corrected chi connectivity index (χ1v) is 13.8. The van der Waals surface area contributed by atoms with Gasteiger partial charge in [0.15, 0.2) is 0 Å². The van der Waals surface area contributed by atoms with Gasteiger partial charge in [-0.1, -0.05) is 48.5 Å². The highest BCUT2D eigenvalue weighted by Crippen LogP contribution is 2.76. The molecule has 5 rings (SSSR count). The normalized spacial score (nSPS) is 57.6. The Kier molecular flexibility index (Phi) is 5.24. The molecular weight excluding hydrogens is 408 g/mol. The van der Waals surface area contributed by atoms with Crippen molar-refractivity contribution in [2.24, 2.45) is 56.7 Å². The van der Waals surface area contributed by atoms with Crippen LogP contribution in [0, 0.1) is 56.7 Å². The largest absolute Gasteiger partial charge is 0.393 e. The van der Waals surface area contributed by atoms with Crippen molar-refractivity contribution in [2.75, 3.05) is 0 Å². The van der Waals surface area contributed by atoms with E-state index < -0.39 is 6.10 Å². The minimum atomic E-state index is -0.511. The van der Waals surface area contributed by atoms with E-state index in [1.807, 2.05) is 6.08 Å². The van der Waals surface area contributed by atoms with Gasteiger partial charge in [-0.3, -0.25) is 4.79 Å². The van der Waals surface area contributed by atoms with Crippen molar-refractivity contribution in [3.05, 3.63) is 11.6 Å². The van der Waals surface area contributed by atoms with Crippen LogP contribution in [-0.4, -0.2) is 28.7 Å². The number of allylic oxidation sites excluding steroid dienone is 1. The first-order valence-electron chi connectivity index (χ1n) is 13.8. The summed E-state index contributed by atoms with van der Waals surface area (Å²) < 4.78 is 0. The van der Waals surface area contributed by atoms with E-state index >= 15 is 0 Å². The molecular formula is C30H48O3. The molecule has 4 fully saturated rings. The van der Waals surface area contributed by atoms with Gasteiger partial charge in [-0.05, 0) is 114 Å². The monoisotopic (exact) mass is 456 g/mol. The lowest BCUT2D eigenvalue weighted by Gasteiger charge is -2.73. The number of fused-ring (bicyclic) bond motifs is 7. The molecule has 5 aliphatic rings. The quantitative estimate of drug-likeness (QED) is 0.464. The van der Waals surface area contributed by atoms with Crippen LogP contribution in [0.2, 0.25) is 0 Å². The molecule has 2 N–H and O–H groups in total. The highest BCUT2D eigenvalue weighted by Gasteiger charge is 2.70. The lowest BCUT2D eigenvalue weighted by molar-refractivity contribution is -0.255. The van der Waals surface area contributed by atoms with Crippen LogP contribution in [0.25, 0.3) is 0 Å². The summed E-state index contributed by atoms with van der Waals surface area (Å²) in [6, 6.07) is 0. The molecule has 11 unspecified atom stereocenters. The predicted molar refractivity (Wildman–Crippen MR) is 132 cm³/mol. The highest BCUT2D eigenvalue weighted by atomic mass is 16.3. The average molecular weight is 457 g/mol. The predicted octanol–water partition coefficient (Wildman–Crippen LogP) is 6.17. The van der Waals surface area contributed by atoms with Gasteiger partial charge in [0.05, 0.1) is 12.2 Å². The number of aliphatic hydroxyl groups excluding tert-OH is 2. The number of carbonyl (C=O) groups excluding carboxylic acids is 1. The standard InChI is InChI=1S/C30H48O3/c1-18-19(17-31)16-24(33)28(5)14-15-29(6)20(25(18)28)8-9-22-27(4)12-11-23(32)26(2,3)21(27)10-13-30(22,29)7/h16-18,20-25,32-33H,8-15H2,1-7H3. The Balaban J connectivity index is 1.56. The summed E-state index contributed by atoms with van der Waals surface area (Å²) in [5.41, 5.74) is 1.47. The van der Waals surface area contributed by atoms with Gasteiger partial charge < -0.3 is 10.2 Å². The second-order valence-electron chi connectivity index (χ2n) is 14.6. The van der Waals surface area contributed by atoms with E-state index in [0.29, 0.717) is 23.7 Å². The minimum Gasteiger partial charge on any atom is -0.393 e. The molecule has 0 spiro atoms. The Hall–Kier alpha value is -0.670. The maximum absolute atomic E-state index is 11.9. The van der Waals surface area contributed by atoms with E-state index in [4.69, 9.17) is 0 Å². The lowest BCUT2D eigenvalue weighted by Crippen LogP contribution is -2.68. The molecule has 5 aliphatic carbocycles. The summed E-state index contributed by atoms with van der Waals surface area (Å²) in [7, 11) is 0. The molecule has 0 radical (unpaired) electrons. The van der Waals surface area contributed by atoms with Crippen molar-refractivity contribution in [3.63, 3.8) is 0 Å². The summed E-state index contributed by atoms with van der Waals surface area (Å²) in [6.07, 6.45) is 11.4. The Labute approximate surface area is 201 Å². The summed E-state index contributed by atoms with van der Waals surface area (Å²) in [6.45, 7) is 17.0.